The van der Waals surface area contributed by atoms with Crippen molar-refractivity contribution in [2.24, 2.45) is 5.92 Å². The topological polar surface area (TPSA) is 138 Å². The molecule has 3 N–H and O–H groups in total. The van der Waals surface area contributed by atoms with Gasteiger partial charge < -0.3 is 20.1 Å². The highest BCUT2D eigenvalue weighted by Crippen LogP contribution is 2.05. The van der Waals surface area contributed by atoms with Crippen molar-refractivity contribution in [2.75, 3.05) is 0 Å². The van der Waals surface area contributed by atoms with Gasteiger partial charge in [-0.15, -0.1) is 0 Å². The van der Waals surface area contributed by atoms with Gasteiger partial charge in [0.05, 0.1) is 6.42 Å². The number of cyclic esters (lactones) is 2. The molecular weight excluding hydrogens is 224 g/mol. The predicted octanol–water partition coefficient (Wildman–Crippen LogP) is -1.39. The number of esters is 2. The average Bonchev–Trinajstić information content (AvgIpc) is 2.43. The molecule has 0 aromatic rings. The molecule has 1 aliphatic rings. The van der Waals surface area contributed by atoms with Crippen molar-refractivity contribution in [2.45, 2.75) is 19.4 Å². The van der Waals surface area contributed by atoms with Crippen molar-refractivity contribution in [1.29, 1.82) is 0 Å². The molecule has 0 spiro atoms. The van der Waals surface area contributed by atoms with Crippen molar-refractivity contribution in [3.05, 3.63) is 0 Å². The van der Waals surface area contributed by atoms with Crippen LogP contribution < -0.4 is 0 Å². The van der Waals surface area contributed by atoms with Crippen LogP contribution in [0.25, 0.3) is 0 Å². The van der Waals surface area contributed by atoms with Crippen LogP contribution >= 0.6 is 0 Å². The smallest absolute Gasteiger partial charge is 0.343 e. The van der Waals surface area contributed by atoms with Crippen LogP contribution in [0.3, 0.4) is 0 Å². The standard InChI is InChI=1S/C4H4O4.C4H6O4/c5-2-1-3(6)8-4(2)7;1-2(3(5)6)4(7)8/h2,5H,1H2;2H,1H3,(H,5,6)(H,7,8). The molecular formula is C8H10O8. The summed E-state index contributed by atoms with van der Waals surface area (Å²) in [5.41, 5.74) is 0. The molecule has 1 heterocycles. The number of carboxylic acids is 2. The highest BCUT2D eigenvalue weighted by atomic mass is 16.6. The largest absolute Gasteiger partial charge is 0.481 e. The van der Waals surface area contributed by atoms with E-state index < -0.39 is 35.9 Å². The lowest BCUT2D eigenvalue weighted by Gasteiger charge is -1.94. The Morgan fingerprint density at radius 1 is 1.31 bits per heavy atom. The molecule has 0 radical (unpaired) electrons. The fourth-order valence-electron chi connectivity index (χ4n) is 0.569. The lowest BCUT2D eigenvalue weighted by atomic mass is 10.2. The van der Waals surface area contributed by atoms with Crippen molar-refractivity contribution < 1.29 is 39.2 Å². The lowest BCUT2D eigenvalue weighted by Crippen LogP contribution is -2.19. The minimum absolute atomic E-state index is 0.196. The second-order valence-electron chi connectivity index (χ2n) is 2.91. The van der Waals surface area contributed by atoms with E-state index in [2.05, 4.69) is 4.74 Å². The maximum atomic E-state index is 10.1. The highest BCUT2D eigenvalue weighted by molar-refractivity contribution is 5.95. The average molecular weight is 234 g/mol. The number of carbonyl (C=O) groups is 4. The van der Waals surface area contributed by atoms with Crippen molar-refractivity contribution >= 4 is 23.9 Å². The van der Waals surface area contributed by atoms with E-state index in [0.717, 1.165) is 6.92 Å². The number of carbonyl (C=O) groups excluding carboxylic acids is 2. The zero-order valence-corrected chi connectivity index (χ0v) is 8.24. The molecule has 0 bridgehead atoms. The van der Waals surface area contributed by atoms with E-state index in [4.69, 9.17) is 15.3 Å². The zero-order valence-electron chi connectivity index (χ0n) is 8.24. The van der Waals surface area contributed by atoms with Crippen LogP contribution in [0, 0.1) is 5.92 Å². The molecule has 1 unspecified atom stereocenters. The van der Waals surface area contributed by atoms with Gasteiger partial charge in [0, 0.05) is 0 Å². The van der Waals surface area contributed by atoms with Crippen LogP contribution in [-0.2, 0) is 23.9 Å². The van der Waals surface area contributed by atoms with E-state index in [9.17, 15) is 19.2 Å². The number of hydrogen-bond donors (Lipinski definition) is 3. The molecule has 1 aliphatic heterocycles. The van der Waals surface area contributed by atoms with Gasteiger partial charge in [-0.05, 0) is 6.92 Å². The third kappa shape index (κ3) is 4.51. The van der Waals surface area contributed by atoms with Crippen LogP contribution in [0.1, 0.15) is 13.3 Å². The van der Waals surface area contributed by atoms with Crippen LogP contribution in [-0.4, -0.2) is 45.3 Å². The van der Waals surface area contributed by atoms with Gasteiger partial charge in [-0.25, -0.2) is 4.79 Å². The molecule has 1 fully saturated rings. The SMILES string of the molecule is CC(C(=O)O)C(=O)O.O=C1CC(O)C(=O)O1. The molecule has 90 valence electrons. The Morgan fingerprint density at radius 2 is 1.75 bits per heavy atom. The summed E-state index contributed by atoms with van der Waals surface area (Å²) in [4.78, 5) is 39.7. The van der Waals surface area contributed by atoms with Gasteiger partial charge in [0.25, 0.3) is 0 Å². The van der Waals surface area contributed by atoms with Crippen LogP contribution in [0.2, 0.25) is 0 Å². The first-order chi connectivity index (χ1) is 7.25. The molecule has 8 nitrogen and oxygen atoms in total. The number of rotatable bonds is 2. The summed E-state index contributed by atoms with van der Waals surface area (Å²) in [7, 11) is 0. The van der Waals surface area contributed by atoms with Crippen LogP contribution in [0.4, 0.5) is 0 Å². The number of carboxylic acid groups (broad SMARTS) is 2. The van der Waals surface area contributed by atoms with E-state index in [1.54, 1.807) is 0 Å². The molecule has 0 amide bonds. The van der Waals surface area contributed by atoms with Crippen LogP contribution in [0.15, 0.2) is 0 Å². The molecule has 0 saturated carbocycles. The summed E-state index contributed by atoms with van der Waals surface area (Å²) in [6.07, 6.45) is -1.42. The Labute approximate surface area is 89.4 Å². The minimum atomic E-state index is -1.31. The maximum absolute atomic E-state index is 10.1. The zero-order chi connectivity index (χ0) is 12.9. The molecule has 16 heavy (non-hydrogen) atoms. The lowest BCUT2D eigenvalue weighted by molar-refractivity contribution is -0.155. The van der Waals surface area contributed by atoms with Gasteiger partial charge in [0.1, 0.15) is 0 Å². The Bertz CT molecular complexity index is 303. The predicted molar refractivity (Wildman–Crippen MR) is 46.2 cm³/mol. The number of aliphatic hydroxyl groups excluding tert-OH is 1. The summed E-state index contributed by atoms with van der Waals surface area (Å²) >= 11 is 0. The number of hydrogen-bond acceptors (Lipinski definition) is 6. The van der Waals surface area contributed by atoms with Gasteiger partial charge in [0.2, 0.25) is 0 Å². The second-order valence-corrected chi connectivity index (χ2v) is 2.91. The Balaban J connectivity index is 0.000000281. The fourth-order valence-corrected chi connectivity index (χ4v) is 0.569. The number of ether oxygens (including phenoxy) is 1. The maximum Gasteiger partial charge on any atom is 0.343 e. The molecule has 1 atom stereocenters. The number of aliphatic carboxylic acids is 2. The van der Waals surface area contributed by atoms with Gasteiger partial charge in [0.15, 0.2) is 12.0 Å². The Morgan fingerprint density at radius 3 is 1.81 bits per heavy atom. The van der Waals surface area contributed by atoms with Gasteiger partial charge >= 0.3 is 23.9 Å². The summed E-state index contributed by atoms with van der Waals surface area (Å²) in [5.74, 6) is -5.40. The first kappa shape index (κ1) is 14.0. The third-order valence-corrected chi connectivity index (χ3v) is 1.59. The summed E-state index contributed by atoms with van der Waals surface area (Å²) in [6, 6.07) is 0. The van der Waals surface area contributed by atoms with Crippen LogP contribution in [0.5, 0.6) is 0 Å². The molecule has 1 saturated heterocycles. The van der Waals surface area contributed by atoms with Gasteiger partial charge in [-0.3, -0.25) is 14.4 Å². The van der Waals surface area contributed by atoms with E-state index in [1.165, 1.54) is 0 Å². The normalized spacial score (nSPS) is 18.8. The first-order valence-electron chi connectivity index (χ1n) is 4.14. The summed E-state index contributed by atoms with van der Waals surface area (Å²) < 4.78 is 3.95. The van der Waals surface area contributed by atoms with Gasteiger partial charge in [-0.2, -0.15) is 0 Å². The molecule has 0 aromatic carbocycles. The highest BCUT2D eigenvalue weighted by Gasteiger charge is 2.30. The third-order valence-electron chi connectivity index (χ3n) is 1.59. The monoisotopic (exact) mass is 234 g/mol. The fraction of sp³-hybridized carbons (Fsp3) is 0.500. The van der Waals surface area contributed by atoms with Crippen molar-refractivity contribution in [1.82, 2.24) is 0 Å². The van der Waals surface area contributed by atoms with Crippen molar-refractivity contribution in [3.63, 3.8) is 0 Å². The second kappa shape index (κ2) is 5.81. The Kier molecular flexibility index (Phi) is 5.10. The number of aliphatic hydroxyl groups is 1. The van der Waals surface area contributed by atoms with E-state index in [1.807, 2.05) is 0 Å². The Hall–Kier alpha value is -1.96. The van der Waals surface area contributed by atoms with E-state index in [-0.39, 0.29) is 6.42 Å². The van der Waals surface area contributed by atoms with Gasteiger partial charge in [-0.1, -0.05) is 0 Å². The molecule has 8 heteroatoms. The summed E-state index contributed by atoms with van der Waals surface area (Å²) in [6.45, 7) is 1.12. The first-order valence-corrected chi connectivity index (χ1v) is 4.14. The minimum Gasteiger partial charge on any atom is -0.481 e. The quantitative estimate of drug-likeness (QED) is 0.392. The van der Waals surface area contributed by atoms with Crippen molar-refractivity contribution in [3.8, 4) is 0 Å². The molecule has 1 rings (SSSR count). The van der Waals surface area contributed by atoms with E-state index >= 15 is 0 Å². The summed E-state index contributed by atoms with van der Waals surface area (Å²) in [5, 5.41) is 24.4. The molecule has 0 aromatic heterocycles. The molecule has 0 aliphatic carbocycles. The van der Waals surface area contributed by atoms with E-state index in [0.29, 0.717) is 0 Å².